The van der Waals surface area contributed by atoms with E-state index in [9.17, 15) is 0 Å². The lowest BCUT2D eigenvalue weighted by molar-refractivity contribution is 0.658. The minimum Gasteiger partial charge on any atom is -0.309 e. The average Bonchev–Trinajstić information content (AvgIpc) is 2.90. The molecule has 2 unspecified atom stereocenters. The number of fused-ring (bicyclic) bond motifs is 1. The van der Waals surface area contributed by atoms with Crippen LogP contribution in [0.4, 0.5) is 0 Å². The monoisotopic (exact) mass is 251 g/mol. The second kappa shape index (κ2) is 4.02. The van der Waals surface area contributed by atoms with Gasteiger partial charge in [0.2, 0.25) is 0 Å². The zero-order valence-corrected chi connectivity index (χ0v) is 10.7. The molecular formula is C13H14ClNS. The van der Waals surface area contributed by atoms with Gasteiger partial charge in [-0.2, -0.15) is 0 Å². The molecule has 1 aromatic carbocycles. The minimum absolute atomic E-state index is 0.710. The zero-order chi connectivity index (χ0) is 11.1. The Morgan fingerprint density at radius 3 is 2.88 bits per heavy atom. The average molecular weight is 252 g/mol. The molecular weight excluding hydrogens is 238 g/mol. The number of nitrogens with one attached hydrogen (secondary N) is 1. The van der Waals surface area contributed by atoms with Crippen LogP contribution in [0.25, 0.3) is 10.1 Å². The quantitative estimate of drug-likeness (QED) is 0.868. The van der Waals surface area contributed by atoms with Crippen molar-refractivity contribution in [3.8, 4) is 0 Å². The highest BCUT2D eigenvalue weighted by Crippen LogP contribution is 2.36. The van der Waals surface area contributed by atoms with Crippen LogP contribution in [0.1, 0.15) is 18.2 Å². The highest BCUT2D eigenvalue weighted by atomic mass is 35.5. The molecule has 0 bridgehead atoms. The van der Waals surface area contributed by atoms with Crippen molar-refractivity contribution in [2.45, 2.75) is 25.9 Å². The Morgan fingerprint density at radius 1 is 1.44 bits per heavy atom. The summed E-state index contributed by atoms with van der Waals surface area (Å²) >= 11 is 8.17. The van der Waals surface area contributed by atoms with E-state index in [1.54, 1.807) is 11.3 Å². The van der Waals surface area contributed by atoms with E-state index >= 15 is 0 Å². The molecule has 2 aromatic rings. The molecule has 3 heteroatoms. The molecule has 1 saturated carbocycles. The van der Waals surface area contributed by atoms with Crippen LogP contribution in [-0.2, 0) is 6.54 Å². The third-order valence-corrected chi connectivity index (χ3v) is 4.95. The van der Waals surface area contributed by atoms with Gasteiger partial charge >= 0.3 is 0 Å². The normalized spacial score (nSPS) is 23.9. The van der Waals surface area contributed by atoms with Gasteiger partial charge in [-0.05, 0) is 18.4 Å². The van der Waals surface area contributed by atoms with E-state index in [0.717, 1.165) is 17.5 Å². The van der Waals surface area contributed by atoms with Crippen molar-refractivity contribution in [2.24, 2.45) is 5.92 Å². The Kier molecular flexibility index (Phi) is 2.66. The van der Waals surface area contributed by atoms with E-state index in [2.05, 4.69) is 30.4 Å². The molecule has 1 aromatic heterocycles. The maximum Gasteiger partial charge on any atom is 0.0636 e. The number of rotatable bonds is 3. The Labute approximate surface area is 104 Å². The van der Waals surface area contributed by atoms with Gasteiger partial charge in [0.15, 0.2) is 0 Å². The van der Waals surface area contributed by atoms with Crippen LogP contribution in [0, 0.1) is 5.92 Å². The summed E-state index contributed by atoms with van der Waals surface area (Å²) < 4.78 is 1.29. The Bertz CT molecular complexity index is 520. The first-order valence-corrected chi connectivity index (χ1v) is 6.84. The number of halogens is 1. The molecule has 3 rings (SSSR count). The van der Waals surface area contributed by atoms with E-state index in [4.69, 9.17) is 11.6 Å². The molecule has 0 amide bonds. The molecule has 0 radical (unpaired) electrons. The van der Waals surface area contributed by atoms with Crippen LogP contribution in [0.5, 0.6) is 0 Å². The van der Waals surface area contributed by atoms with E-state index in [-0.39, 0.29) is 0 Å². The summed E-state index contributed by atoms with van der Waals surface area (Å²) in [6.45, 7) is 3.19. The van der Waals surface area contributed by atoms with Crippen LogP contribution in [0.15, 0.2) is 24.3 Å². The summed E-state index contributed by atoms with van der Waals surface area (Å²) in [5, 5.41) is 5.67. The van der Waals surface area contributed by atoms with Crippen molar-refractivity contribution in [3.63, 3.8) is 0 Å². The van der Waals surface area contributed by atoms with Crippen molar-refractivity contribution in [1.82, 2.24) is 5.32 Å². The summed E-state index contributed by atoms with van der Waals surface area (Å²) in [7, 11) is 0. The highest BCUT2D eigenvalue weighted by molar-refractivity contribution is 7.19. The lowest BCUT2D eigenvalue weighted by atomic mass is 10.2. The van der Waals surface area contributed by atoms with Gasteiger partial charge in [0.25, 0.3) is 0 Å². The first kappa shape index (κ1) is 10.6. The van der Waals surface area contributed by atoms with Crippen LogP contribution in [-0.4, -0.2) is 6.04 Å². The maximum absolute atomic E-state index is 6.37. The van der Waals surface area contributed by atoms with Crippen molar-refractivity contribution in [1.29, 1.82) is 0 Å². The summed E-state index contributed by atoms with van der Waals surface area (Å²) in [5.41, 5.74) is 0. The van der Waals surface area contributed by atoms with Crippen LogP contribution >= 0.6 is 22.9 Å². The lowest BCUT2D eigenvalue weighted by Crippen LogP contribution is -2.16. The van der Waals surface area contributed by atoms with E-state index < -0.39 is 0 Å². The summed E-state index contributed by atoms with van der Waals surface area (Å²) in [6, 6.07) is 9.05. The molecule has 1 aliphatic rings. The van der Waals surface area contributed by atoms with Gasteiger partial charge in [-0.3, -0.25) is 0 Å². The first-order valence-electron chi connectivity index (χ1n) is 5.65. The van der Waals surface area contributed by atoms with E-state index in [1.165, 1.54) is 21.4 Å². The fourth-order valence-electron chi connectivity index (χ4n) is 2.01. The van der Waals surface area contributed by atoms with Gasteiger partial charge in [0.05, 0.1) is 5.02 Å². The van der Waals surface area contributed by atoms with Gasteiger partial charge in [-0.1, -0.05) is 36.7 Å². The predicted octanol–water partition coefficient (Wildman–Crippen LogP) is 4.05. The fraction of sp³-hybridized carbons (Fsp3) is 0.385. The number of hydrogen-bond donors (Lipinski definition) is 1. The molecule has 0 saturated heterocycles. The second-order valence-electron chi connectivity index (χ2n) is 4.54. The molecule has 1 fully saturated rings. The Morgan fingerprint density at radius 2 is 2.19 bits per heavy atom. The fourth-order valence-corrected chi connectivity index (χ4v) is 3.46. The Hall–Kier alpha value is -0.570. The van der Waals surface area contributed by atoms with Crippen molar-refractivity contribution < 1.29 is 0 Å². The molecule has 2 atom stereocenters. The molecule has 1 aliphatic carbocycles. The maximum atomic E-state index is 6.37. The first-order chi connectivity index (χ1) is 7.75. The number of thiophene rings is 1. The lowest BCUT2D eigenvalue weighted by Gasteiger charge is -2.00. The highest BCUT2D eigenvalue weighted by Gasteiger charge is 2.31. The third kappa shape index (κ3) is 1.86. The summed E-state index contributed by atoms with van der Waals surface area (Å²) in [6.07, 6.45) is 1.31. The van der Waals surface area contributed by atoms with Gasteiger partial charge in [0.1, 0.15) is 0 Å². The largest absolute Gasteiger partial charge is 0.309 e. The SMILES string of the molecule is CC1CC1NCc1sc2ccccc2c1Cl. The third-order valence-electron chi connectivity index (χ3n) is 3.24. The van der Waals surface area contributed by atoms with Gasteiger partial charge in [0, 0.05) is 27.5 Å². The van der Waals surface area contributed by atoms with E-state index in [0.29, 0.717) is 6.04 Å². The smallest absolute Gasteiger partial charge is 0.0636 e. The molecule has 0 spiro atoms. The molecule has 0 aliphatic heterocycles. The van der Waals surface area contributed by atoms with Crippen LogP contribution < -0.4 is 5.32 Å². The minimum atomic E-state index is 0.710. The molecule has 1 N–H and O–H groups in total. The van der Waals surface area contributed by atoms with Gasteiger partial charge in [-0.15, -0.1) is 11.3 Å². The number of benzene rings is 1. The van der Waals surface area contributed by atoms with E-state index in [1.807, 2.05) is 6.07 Å². The van der Waals surface area contributed by atoms with Crippen LogP contribution in [0.3, 0.4) is 0 Å². The predicted molar refractivity (Wildman–Crippen MR) is 71.2 cm³/mol. The topological polar surface area (TPSA) is 12.0 Å². The van der Waals surface area contributed by atoms with Crippen molar-refractivity contribution >= 4 is 33.0 Å². The van der Waals surface area contributed by atoms with Crippen LogP contribution in [0.2, 0.25) is 5.02 Å². The molecule has 1 heterocycles. The molecule has 16 heavy (non-hydrogen) atoms. The van der Waals surface area contributed by atoms with Crippen molar-refractivity contribution in [3.05, 3.63) is 34.2 Å². The molecule has 1 nitrogen and oxygen atoms in total. The Balaban J connectivity index is 1.83. The van der Waals surface area contributed by atoms with Gasteiger partial charge < -0.3 is 5.32 Å². The number of hydrogen-bond acceptors (Lipinski definition) is 2. The zero-order valence-electron chi connectivity index (χ0n) is 9.16. The summed E-state index contributed by atoms with van der Waals surface area (Å²) in [4.78, 5) is 1.27. The summed E-state index contributed by atoms with van der Waals surface area (Å²) in [5.74, 6) is 0.841. The van der Waals surface area contributed by atoms with Crippen molar-refractivity contribution in [2.75, 3.05) is 0 Å². The standard InChI is InChI=1S/C13H14ClNS/c1-8-6-10(8)15-7-12-13(14)9-4-2-3-5-11(9)16-12/h2-5,8,10,15H,6-7H2,1H3. The van der Waals surface area contributed by atoms with Gasteiger partial charge in [-0.25, -0.2) is 0 Å². The molecule has 84 valence electrons. The second-order valence-corrected chi connectivity index (χ2v) is 6.05.